The normalized spacial score (nSPS) is 14.7. The van der Waals surface area contributed by atoms with Crippen LogP contribution in [0.5, 0.6) is 0 Å². The lowest BCUT2D eigenvalue weighted by molar-refractivity contribution is -0.137. The van der Waals surface area contributed by atoms with Crippen molar-refractivity contribution in [2.45, 2.75) is 18.0 Å². The second-order valence-corrected chi connectivity index (χ2v) is 7.80. The third-order valence-corrected chi connectivity index (χ3v) is 5.65. The van der Waals surface area contributed by atoms with E-state index < -0.39 is 21.3 Å². The molecular formula is C16H13F3N2O2S. The zero-order valence-corrected chi connectivity index (χ0v) is 13.4. The van der Waals surface area contributed by atoms with Crippen LogP contribution in [0.3, 0.4) is 0 Å². The van der Waals surface area contributed by atoms with Gasteiger partial charge < -0.3 is 4.42 Å². The summed E-state index contributed by atoms with van der Waals surface area (Å²) in [5, 5.41) is 0. The first-order chi connectivity index (χ1) is 11.2. The molecule has 8 heteroatoms. The van der Waals surface area contributed by atoms with Gasteiger partial charge in [0.25, 0.3) is 0 Å². The number of hydrogen-bond acceptors (Lipinski definition) is 4. The predicted molar refractivity (Wildman–Crippen MR) is 86.3 cm³/mol. The Hall–Kier alpha value is -2.35. The molecule has 0 radical (unpaired) electrons. The molecule has 126 valence electrons. The number of aromatic nitrogens is 2. The van der Waals surface area contributed by atoms with E-state index in [0.717, 1.165) is 6.07 Å². The minimum absolute atomic E-state index is 0.0123. The van der Waals surface area contributed by atoms with Gasteiger partial charge in [0.15, 0.2) is 0 Å². The van der Waals surface area contributed by atoms with Crippen LogP contribution in [0.15, 0.2) is 45.8 Å². The highest BCUT2D eigenvalue weighted by Crippen LogP contribution is 2.33. The average Bonchev–Trinajstić information content (AvgIpc) is 2.97. The summed E-state index contributed by atoms with van der Waals surface area (Å²) in [6.07, 6.45) is -3.82. The summed E-state index contributed by atoms with van der Waals surface area (Å²) in [6.45, 7) is 1.75. The number of benzene rings is 1. The first-order valence-electron chi connectivity index (χ1n) is 7.00. The van der Waals surface area contributed by atoms with E-state index in [1.807, 2.05) is 0 Å². The van der Waals surface area contributed by atoms with Gasteiger partial charge in [-0.2, -0.15) is 13.2 Å². The summed E-state index contributed by atoms with van der Waals surface area (Å²) >= 11 is 0. The van der Waals surface area contributed by atoms with Crippen molar-refractivity contribution in [2.75, 3.05) is 5.75 Å². The van der Waals surface area contributed by atoms with Gasteiger partial charge in [-0.05, 0) is 33.6 Å². The van der Waals surface area contributed by atoms with Crippen LogP contribution < -0.4 is 0 Å². The van der Waals surface area contributed by atoms with Crippen molar-refractivity contribution in [1.29, 1.82) is 0 Å². The van der Waals surface area contributed by atoms with E-state index in [-0.39, 0.29) is 17.1 Å². The van der Waals surface area contributed by atoms with Crippen LogP contribution >= 0.6 is 0 Å². The quantitative estimate of drug-likeness (QED) is 0.667. The van der Waals surface area contributed by atoms with Gasteiger partial charge in [0, 0.05) is 16.8 Å². The predicted octanol–water partition coefficient (Wildman–Crippen LogP) is 4.00. The Labute approximate surface area is 136 Å². The van der Waals surface area contributed by atoms with Crippen LogP contribution in [0.1, 0.15) is 12.5 Å². The fourth-order valence-corrected chi connectivity index (χ4v) is 3.41. The van der Waals surface area contributed by atoms with Gasteiger partial charge in [-0.15, -0.1) is 0 Å². The zero-order valence-electron chi connectivity index (χ0n) is 12.6. The molecule has 0 aliphatic heterocycles. The summed E-state index contributed by atoms with van der Waals surface area (Å²) in [6, 6.07) is 7.58. The third-order valence-electron chi connectivity index (χ3n) is 3.56. The van der Waals surface area contributed by atoms with Gasteiger partial charge in [0.2, 0.25) is 11.6 Å². The highest BCUT2D eigenvalue weighted by molar-refractivity contribution is 8.00. The number of rotatable bonds is 3. The van der Waals surface area contributed by atoms with Crippen LogP contribution in [0.2, 0.25) is 0 Å². The number of oxazole rings is 1. The first kappa shape index (κ1) is 16.5. The molecule has 0 fully saturated rings. The Morgan fingerprint density at radius 2 is 2.00 bits per heavy atom. The molecule has 0 N–H and O–H groups in total. The average molecular weight is 354 g/mol. The van der Waals surface area contributed by atoms with Crippen LogP contribution in [0, 0.1) is 0 Å². The SMILES string of the molecule is C=S(=O)(CC)c1ccccc1-c1nc2cc(C(F)(F)F)cnc2o1. The van der Waals surface area contributed by atoms with Gasteiger partial charge in [-0.25, -0.2) is 9.97 Å². The van der Waals surface area contributed by atoms with Gasteiger partial charge in [-0.3, -0.25) is 4.21 Å². The van der Waals surface area contributed by atoms with E-state index in [1.54, 1.807) is 31.2 Å². The minimum Gasteiger partial charge on any atom is -0.418 e. The number of fused-ring (bicyclic) bond motifs is 1. The molecule has 1 unspecified atom stereocenters. The lowest BCUT2D eigenvalue weighted by Gasteiger charge is -2.09. The molecule has 3 aromatic rings. The lowest BCUT2D eigenvalue weighted by atomic mass is 10.2. The van der Waals surface area contributed by atoms with Crippen molar-refractivity contribution >= 4 is 26.6 Å². The Balaban J connectivity index is 2.18. The second-order valence-electron chi connectivity index (χ2n) is 5.16. The Kier molecular flexibility index (Phi) is 3.87. The summed E-state index contributed by atoms with van der Waals surface area (Å²) in [5.74, 6) is 4.13. The van der Waals surface area contributed by atoms with Crippen molar-refractivity contribution in [3.8, 4) is 11.5 Å². The number of hydrogen-bond donors (Lipinski definition) is 0. The number of halogens is 3. The molecule has 0 bridgehead atoms. The highest BCUT2D eigenvalue weighted by Gasteiger charge is 2.32. The Bertz CT molecular complexity index is 1010. The monoisotopic (exact) mass is 354 g/mol. The van der Waals surface area contributed by atoms with Crippen molar-refractivity contribution < 1.29 is 21.8 Å². The van der Waals surface area contributed by atoms with Crippen LogP contribution in [-0.2, 0) is 15.7 Å². The molecule has 0 spiro atoms. The van der Waals surface area contributed by atoms with E-state index in [1.165, 1.54) is 0 Å². The number of alkyl halides is 3. The van der Waals surface area contributed by atoms with Crippen molar-refractivity contribution in [3.05, 3.63) is 42.1 Å². The molecule has 24 heavy (non-hydrogen) atoms. The molecule has 3 rings (SSSR count). The van der Waals surface area contributed by atoms with E-state index in [0.29, 0.717) is 22.4 Å². The van der Waals surface area contributed by atoms with Gasteiger partial charge in [0.05, 0.1) is 11.1 Å². The molecule has 2 heterocycles. The van der Waals surface area contributed by atoms with Gasteiger partial charge in [-0.1, -0.05) is 19.1 Å². The molecule has 0 amide bonds. The maximum atomic E-state index is 12.8. The van der Waals surface area contributed by atoms with E-state index in [4.69, 9.17) is 4.42 Å². The second kappa shape index (κ2) is 5.62. The first-order valence-corrected chi connectivity index (χ1v) is 8.90. The molecule has 0 saturated carbocycles. The van der Waals surface area contributed by atoms with E-state index in [9.17, 15) is 17.4 Å². The fraction of sp³-hybridized carbons (Fsp3) is 0.188. The third kappa shape index (κ3) is 2.89. The van der Waals surface area contributed by atoms with Crippen LogP contribution in [0.4, 0.5) is 13.2 Å². The molecule has 0 aliphatic carbocycles. The molecule has 4 nitrogen and oxygen atoms in total. The maximum absolute atomic E-state index is 12.8. The van der Waals surface area contributed by atoms with Gasteiger partial charge >= 0.3 is 6.18 Å². The zero-order chi connectivity index (χ0) is 17.5. The highest BCUT2D eigenvalue weighted by atomic mass is 32.2. The minimum atomic E-state index is -4.51. The standard InChI is InChI=1S/C16H13F3N2O2S/c1-3-24(2,22)13-7-5-4-6-11(13)14-21-12-8-10(16(17,18)19)9-20-15(12)23-14/h4-9H,2-3H2,1H3. The molecule has 0 saturated heterocycles. The summed E-state index contributed by atoms with van der Waals surface area (Å²) in [7, 11) is -2.55. The number of pyridine rings is 1. The van der Waals surface area contributed by atoms with E-state index >= 15 is 0 Å². The summed E-state index contributed by atoms with van der Waals surface area (Å²) in [5.41, 5.74) is -0.495. The Morgan fingerprint density at radius 1 is 1.29 bits per heavy atom. The largest absolute Gasteiger partial charge is 0.418 e. The van der Waals surface area contributed by atoms with Crippen LogP contribution in [0.25, 0.3) is 22.7 Å². The van der Waals surface area contributed by atoms with Crippen molar-refractivity contribution in [3.63, 3.8) is 0 Å². The molecule has 1 atom stereocenters. The number of nitrogens with zero attached hydrogens (tertiary/aromatic N) is 2. The molecule has 0 aliphatic rings. The molecule has 2 aromatic heterocycles. The Morgan fingerprint density at radius 3 is 2.67 bits per heavy atom. The molecule has 1 aromatic carbocycles. The van der Waals surface area contributed by atoms with Crippen molar-refractivity contribution in [1.82, 2.24) is 9.97 Å². The van der Waals surface area contributed by atoms with Crippen LogP contribution in [-0.4, -0.2) is 25.8 Å². The molecular weight excluding hydrogens is 341 g/mol. The maximum Gasteiger partial charge on any atom is 0.417 e. The summed E-state index contributed by atoms with van der Waals surface area (Å²) in [4.78, 5) is 8.21. The smallest absolute Gasteiger partial charge is 0.417 e. The lowest BCUT2D eigenvalue weighted by Crippen LogP contribution is -2.05. The van der Waals surface area contributed by atoms with Crippen molar-refractivity contribution in [2.24, 2.45) is 0 Å². The van der Waals surface area contributed by atoms with Gasteiger partial charge in [0.1, 0.15) is 5.52 Å². The fourth-order valence-electron chi connectivity index (χ4n) is 2.22. The summed E-state index contributed by atoms with van der Waals surface area (Å²) < 4.78 is 56.4. The van der Waals surface area contributed by atoms with E-state index in [2.05, 4.69) is 15.8 Å². The topological polar surface area (TPSA) is 56.0 Å².